The summed E-state index contributed by atoms with van der Waals surface area (Å²) in [5.74, 6) is 1.39. The zero-order valence-electron chi connectivity index (χ0n) is 19.2. The predicted octanol–water partition coefficient (Wildman–Crippen LogP) is 2.23. The third-order valence-electron chi connectivity index (χ3n) is 6.80. The van der Waals surface area contributed by atoms with Gasteiger partial charge in [0.15, 0.2) is 17.8 Å². The van der Waals surface area contributed by atoms with Crippen LogP contribution in [0.5, 0.6) is 11.5 Å². The van der Waals surface area contributed by atoms with Crippen LogP contribution in [0.15, 0.2) is 23.0 Å². The topological polar surface area (TPSA) is 104 Å². The van der Waals surface area contributed by atoms with Crippen LogP contribution in [0, 0.1) is 0 Å². The Kier molecular flexibility index (Phi) is 5.29. The lowest BCUT2D eigenvalue weighted by molar-refractivity contribution is -0.196. The van der Waals surface area contributed by atoms with Gasteiger partial charge in [-0.3, -0.25) is 4.79 Å². The highest BCUT2D eigenvalue weighted by Gasteiger charge is 2.36. The lowest BCUT2D eigenvalue weighted by Gasteiger charge is -2.30. The third kappa shape index (κ3) is 3.23. The van der Waals surface area contributed by atoms with Crippen molar-refractivity contribution in [2.45, 2.75) is 45.8 Å². The van der Waals surface area contributed by atoms with Gasteiger partial charge in [-0.2, -0.15) is 0 Å². The van der Waals surface area contributed by atoms with E-state index in [4.69, 9.17) is 23.9 Å². The van der Waals surface area contributed by atoms with Crippen molar-refractivity contribution >= 4 is 10.9 Å². The molecular formula is C25H27N3O6. The molecule has 0 radical (unpaired) electrons. The van der Waals surface area contributed by atoms with E-state index < -0.39 is 12.4 Å². The van der Waals surface area contributed by atoms with Crippen LogP contribution in [0.25, 0.3) is 22.3 Å². The Morgan fingerprint density at radius 2 is 2.03 bits per heavy atom. The van der Waals surface area contributed by atoms with Gasteiger partial charge in [-0.25, -0.2) is 4.98 Å². The van der Waals surface area contributed by atoms with Gasteiger partial charge in [-0.1, -0.05) is 6.92 Å². The molecule has 9 nitrogen and oxygen atoms in total. The fourth-order valence-electron chi connectivity index (χ4n) is 5.20. The lowest BCUT2D eigenvalue weighted by atomic mass is 9.96. The first-order chi connectivity index (χ1) is 16.6. The quantitative estimate of drug-likeness (QED) is 0.418. The molecule has 0 amide bonds. The Labute approximate surface area is 196 Å². The summed E-state index contributed by atoms with van der Waals surface area (Å²) in [6.45, 7) is 6.71. The molecule has 34 heavy (non-hydrogen) atoms. The van der Waals surface area contributed by atoms with Crippen molar-refractivity contribution in [3.8, 4) is 22.9 Å². The normalized spacial score (nSPS) is 19.9. The van der Waals surface area contributed by atoms with Crippen molar-refractivity contribution in [1.82, 2.24) is 14.9 Å². The highest BCUT2D eigenvalue weighted by molar-refractivity contribution is 5.90. The van der Waals surface area contributed by atoms with E-state index in [1.807, 2.05) is 25.1 Å². The zero-order chi connectivity index (χ0) is 23.4. The van der Waals surface area contributed by atoms with Gasteiger partial charge in [0.25, 0.3) is 5.56 Å². The highest BCUT2D eigenvalue weighted by Crippen LogP contribution is 2.42. The Morgan fingerprint density at radius 3 is 2.82 bits per heavy atom. The van der Waals surface area contributed by atoms with Gasteiger partial charge >= 0.3 is 0 Å². The molecule has 1 unspecified atom stereocenters. The molecule has 2 atom stereocenters. The second-order valence-electron chi connectivity index (χ2n) is 8.68. The number of hydrogen-bond acceptors (Lipinski definition) is 8. The summed E-state index contributed by atoms with van der Waals surface area (Å²) < 4.78 is 24.2. The highest BCUT2D eigenvalue weighted by atomic mass is 16.7. The van der Waals surface area contributed by atoms with Crippen molar-refractivity contribution in [2.24, 2.45) is 0 Å². The number of rotatable bonds is 6. The average molecular weight is 466 g/mol. The Morgan fingerprint density at radius 1 is 1.21 bits per heavy atom. The third-order valence-corrected chi connectivity index (χ3v) is 6.80. The molecule has 1 aromatic carbocycles. The number of aromatic nitrogens is 2. The first kappa shape index (κ1) is 21.5. The fourth-order valence-corrected chi connectivity index (χ4v) is 5.20. The summed E-state index contributed by atoms with van der Waals surface area (Å²) in [5, 5.41) is 14.8. The number of fused-ring (bicyclic) bond motifs is 6. The minimum absolute atomic E-state index is 0.0552. The molecule has 2 N–H and O–H groups in total. The van der Waals surface area contributed by atoms with E-state index >= 15 is 0 Å². The van der Waals surface area contributed by atoms with Crippen LogP contribution in [0.3, 0.4) is 0 Å². The van der Waals surface area contributed by atoms with Crippen LogP contribution in [0.2, 0.25) is 0 Å². The number of aliphatic hydroxyl groups excluding tert-OH is 1. The summed E-state index contributed by atoms with van der Waals surface area (Å²) in [4.78, 5) is 18.5. The Balaban J connectivity index is 1.56. The minimum atomic E-state index is -1.12. The number of pyridine rings is 2. The summed E-state index contributed by atoms with van der Waals surface area (Å²) in [6, 6.07) is 5.85. The molecular weight excluding hydrogens is 438 g/mol. The van der Waals surface area contributed by atoms with Gasteiger partial charge in [0.05, 0.1) is 30.1 Å². The second kappa shape index (κ2) is 8.35. The average Bonchev–Trinajstić information content (AvgIpc) is 3.44. The molecule has 0 bridgehead atoms. The van der Waals surface area contributed by atoms with Crippen LogP contribution in [-0.4, -0.2) is 47.4 Å². The van der Waals surface area contributed by atoms with Crippen LogP contribution in [0.1, 0.15) is 42.2 Å². The van der Waals surface area contributed by atoms with Crippen LogP contribution < -0.4 is 20.3 Å². The van der Waals surface area contributed by atoms with E-state index in [0.717, 1.165) is 52.9 Å². The number of aliphatic hydroxyl groups is 1. The standard InChI is InChI=1S/C25H27N3O6/c1-3-26-6-5-13-14-8-20-21(34-12-33-20)9-18(14)27-22-16(13)10-28-19(22)7-15-17(24(28)29)11-32-25(30)23(15)31-4-2/h7-9,23,25-26,30H,3-6,10-12H2,1-2H3/t23-,25?/m0/s1. The molecule has 2 aromatic heterocycles. The summed E-state index contributed by atoms with van der Waals surface area (Å²) in [6.07, 6.45) is -1.03. The van der Waals surface area contributed by atoms with Crippen LogP contribution in [-0.2, 0) is 29.0 Å². The van der Waals surface area contributed by atoms with Gasteiger partial charge in [0.2, 0.25) is 6.79 Å². The predicted molar refractivity (Wildman–Crippen MR) is 124 cm³/mol. The molecule has 0 saturated heterocycles. The molecule has 0 aliphatic carbocycles. The molecule has 0 spiro atoms. The van der Waals surface area contributed by atoms with Gasteiger partial charge in [-0.15, -0.1) is 0 Å². The number of likely N-dealkylation sites (N-methyl/N-ethyl adjacent to an activating group) is 1. The van der Waals surface area contributed by atoms with Gasteiger partial charge in [0, 0.05) is 29.2 Å². The molecule has 9 heteroatoms. The van der Waals surface area contributed by atoms with E-state index in [9.17, 15) is 9.90 Å². The SMILES string of the molecule is CCNCCc1c2c(nc3cc4c(cc13)OCO4)-c1cc3c(c(=O)n1C2)COC(O)[C@H]3OCC. The monoisotopic (exact) mass is 465 g/mol. The van der Waals surface area contributed by atoms with E-state index in [0.29, 0.717) is 35.8 Å². The first-order valence-electron chi connectivity index (χ1n) is 11.7. The number of nitrogens with zero attached hydrogens (tertiary/aromatic N) is 2. The van der Waals surface area contributed by atoms with E-state index in [1.165, 1.54) is 0 Å². The number of benzene rings is 1. The van der Waals surface area contributed by atoms with Crippen LogP contribution in [0.4, 0.5) is 0 Å². The summed E-state index contributed by atoms with van der Waals surface area (Å²) in [7, 11) is 0. The summed E-state index contributed by atoms with van der Waals surface area (Å²) >= 11 is 0. The lowest BCUT2D eigenvalue weighted by Crippen LogP contribution is -2.36. The largest absolute Gasteiger partial charge is 0.454 e. The van der Waals surface area contributed by atoms with Crippen molar-refractivity contribution in [3.63, 3.8) is 0 Å². The molecule has 5 heterocycles. The molecule has 178 valence electrons. The van der Waals surface area contributed by atoms with E-state index in [2.05, 4.69) is 12.2 Å². The fraction of sp³-hybridized carbons (Fsp3) is 0.440. The van der Waals surface area contributed by atoms with Crippen molar-refractivity contribution in [1.29, 1.82) is 0 Å². The molecule has 0 fully saturated rings. The maximum atomic E-state index is 13.5. The minimum Gasteiger partial charge on any atom is -0.454 e. The Bertz CT molecular complexity index is 1350. The van der Waals surface area contributed by atoms with Crippen molar-refractivity contribution in [3.05, 3.63) is 50.8 Å². The Hall–Kier alpha value is -2.98. The van der Waals surface area contributed by atoms with Crippen molar-refractivity contribution in [2.75, 3.05) is 26.5 Å². The number of hydrogen-bond donors (Lipinski definition) is 2. The molecule has 3 aromatic rings. The van der Waals surface area contributed by atoms with Gasteiger partial charge < -0.3 is 33.9 Å². The molecule has 0 saturated carbocycles. The maximum Gasteiger partial charge on any atom is 0.257 e. The van der Waals surface area contributed by atoms with Crippen molar-refractivity contribution < 1.29 is 24.1 Å². The van der Waals surface area contributed by atoms with E-state index in [1.54, 1.807) is 4.57 Å². The van der Waals surface area contributed by atoms with Crippen LogP contribution >= 0.6 is 0 Å². The summed E-state index contributed by atoms with van der Waals surface area (Å²) in [5.41, 5.74) is 5.59. The number of ether oxygens (including phenoxy) is 4. The number of nitrogens with one attached hydrogen (secondary N) is 1. The van der Waals surface area contributed by atoms with E-state index in [-0.39, 0.29) is 19.0 Å². The first-order valence-corrected chi connectivity index (χ1v) is 11.7. The van der Waals surface area contributed by atoms with Gasteiger partial charge in [-0.05, 0) is 49.7 Å². The smallest absolute Gasteiger partial charge is 0.257 e. The second-order valence-corrected chi connectivity index (χ2v) is 8.68. The zero-order valence-corrected chi connectivity index (χ0v) is 19.2. The maximum absolute atomic E-state index is 13.5. The molecule has 3 aliphatic rings. The van der Waals surface area contributed by atoms with Gasteiger partial charge in [0.1, 0.15) is 6.10 Å². The molecule has 3 aliphatic heterocycles. The molecule has 6 rings (SSSR count).